The Balaban J connectivity index is 2.25. The zero-order valence-electron chi connectivity index (χ0n) is 8.53. The topological polar surface area (TPSA) is 55.0 Å². The number of nitrogens with two attached hydrogens (primary N) is 1. The summed E-state index contributed by atoms with van der Waals surface area (Å²) in [6.07, 6.45) is 2.99. The van der Waals surface area contributed by atoms with Crippen LogP contribution in [-0.4, -0.2) is 28.0 Å². The smallest absolute Gasteiger partial charge is 0.142 e. The summed E-state index contributed by atoms with van der Waals surface area (Å²) in [4.78, 5) is 11.0. The van der Waals surface area contributed by atoms with Crippen molar-refractivity contribution in [3.8, 4) is 0 Å². The van der Waals surface area contributed by atoms with Crippen molar-refractivity contribution in [2.45, 2.75) is 26.4 Å². The predicted octanol–water partition coefficient (Wildman–Crippen LogP) is 0.313. The van der Waals surface area contributed by atoms with Crippen LogP contribution in [0.5, 0.6) is 0 Å². The number of nitrogens with zero attached hydrogens (tertiary/aromatic N) is 3. The van der Waals surface area contributed by atoms with Crippen molar-refractivity contribution in [1.29, 1.82) is 0 Å². The van der Waals surface area contributed by atoms with Crippen LogP contribution in [-0.2, 0) is 19.5 Å². The van der Waals surface area contributed by atoms with Crippen molar-refractivity contribution in [2.75, 3.05) is 13.1 Å². The van der Waals surface area contributed by atoms with Crippen LogP contribution >= 0.6 is 0 Å². The minimum absolute atomic E-state index is 0.430. The number of rotatable bonds is 2. The van der Waals surface area contributed by atoms with Crippen molar-refractivity contribution < 1.29 is 0 Å². The molecular formula is C10H16N4. The Labute approximate surface area is 84.2 Å². The maximum atomic E-state index is 5.51. The molecule has 4 heteroatoms. The van der Waals surface area contributed by atoms with Crippen molar-refractivity contribution in [3.63, 3.8) is 0 Å². The van der Waals surface area contributed by atoms with Crippen molar-refractivity contribution in [1.82, 2.24) is 14.9 Å². The van der Waals surface area contributed by atoms with Crippen LogP contribution < -0.4 is 5.73 Å². The molecule has 14 heavy (non-hydrogen) atoms. The second-order valence-electron chi connectivity index (χ2n) is 3.58. The summed E-state index contributed by atoms with van der Waals surface area (Å²) in [6.45, 7) is 5.76. The van der Waals surface area contributed by atoms with E-state index in [0.717, 1.165) is 37.6 Å². The zero-order chi connectivity index (χ0) is 9.97. The lowest BCUT2D eigenvalue weighted by Crippen LogP contribution is -2.31. The molecular weight excluding hydrogens is 176 g/mol. The van der Waals surface area contributed by atoms with Crippen LogP contribution in [0.2, 0.25) is 0 Å². The fraction of sp³-hybridized carbons (Fsp3) is 0.600. The minimum atomic E-state index is 0.430. The Kier molecular flexibility index (Phi) is 2.74. The molecule has 0 aromatic carbocycles. The molecule has 0 radical (unpaired) electrons. The standard InChI is InChI=1S/C10H16N4/c1-2-14-4-3-8-6-12-10(5-11)13-9(8)7-14/h6H,2-5,7,11H2,1H3. The van der Waals surface area contributed by atoms with Crippen molar-refractivity contribution >= 4 is 0 Å². The number of hydrogen-bond donors (Lipinski definition) is 1. The van der Waals surface area contributed by atoms with Crippen LogP contribution in [0.4, 0.5) is 0 Å². The Hall–Kier alpha value is -1.00. The summed E-state index contributed by atoms with van der Waals surface area (Å²) in [5.74, 6) is 0.752. The van der Waals surface area contributed by atoms with Crippen LogP contribution in [0.25, 0.3) is 0 Å². The van der Waals surface area contributed by atoms with Gasteiger partial charge in [-0.25, -0.2) is 9.97 Å². The lowest BCUT2D eigenvalue weighted by molar-refractivity contribution is 0.263. The lowest BCUT2D eigenvalue weighted by Gasteiger charge is -2.26. The molecule has 0 aliphatic carbocycles. The van der Waals surface area contributed by atoms with Gasteiger partial charge in [0, 0.05) is 19.3 Å². The lowest BCUT2D eigenvalue weighted by atomic mass is 10.1. The Morgan fingerprint density at radius 3 is 3.14 bits per heavy atom. The van der Waals surface area contributed by atoms with E-state index in [0.29, 0.717) is 6.54 Å². The average Bonchev–Trinajstić information content (AvgIpc) is 2.27. The molecule has 0 fully saturated rings. The molecule has 1 aromatic rings. The van der Waals surface area contributed by atoms with E-state index in [1.165, 1.54) is 5.56 Å². The summed E-state index contributed by atoms with van der Waals surface area (Å²) in [5, 5.41) is 0. The van der Waals surface area contributed by atoms with Gasteiger partial charge in [0.1, 0.15) is 5.82 Å². The highest BCUT2D eigenvalue weighted by molar-refractivity contribution is 5.20. The Morgan fingerprint density at radius 1 is 1.57 bits per heavy atom. The summed E-state index contributed by atoms with van der Waals surface area (Å²) >= 11 is 0. The van der Waals surface area contributed by atoms with Crippen molar-refractivity contribution in [2.24, 2.45) is 5.73 Å². The average molecular weight is 192 g/mol. The van der Waals surface area contributed by atoms with Gasteiger partial charge in [0.25, 0.3) is 0 Å². The first-order valence-electron chi connectivity index (χ1n) is 5.09. The van der Waals surface area contributed by atoms with E-state index < -0.39 is 0 Å². The van der Waals surface area contributed by atoms with E-state index in [2.05, 4.69) is 21.8 Å². The van der Waals surface area contributed by atoms with Crippen LogP contribution in [0, 0.1) is 0 Å². The molecule has 0 saturated heterocycles. The SMILES string of the molecule is CCN1CCc2cnc(CN)nc2C1. The molecule has 0 saturated carbocycles. The third-order valence-electron chi connectivity index (χ3n) is 2.70. The van der Waals surface area contributed by atoms with E-state index >= 15 is 0 Å². The first-order chi connectivity index (χ1) is 6.83. The van der Waals surface area contributed by atoms with Gasteiger partial charge >= 0.3 is 0 Å². The van der Waals surface area contributed by atoms with Gasteiger partial charge < -0.3 is 5.73 Å². The highest BCUT2D eigenvalue weighted by Crippen LogP contribution is 2.15. The summed E-state index contributed by atoms with van der Waals surface area (Å²) < 4.78 is 0. The highest BCUT2D eigenvalue weighted by atomic mass is 15.1. The fourth-order valence-corrected chi connectivity index (χ4v) is 1.77. The van der Waals surface area contributed by atoms with E-state index in [1.807, 2.05) is 6.20 Å². The first-order valence-corrected chi connectivity index (χ1v) is 5.09. The third-order valence-corrected chi connectivity index (χ3v) is 2.70. The van der Waals surface area contributed by atoms with Gasteiger partial charge in [-0.3, -0.25) is 4.90 Å². The quantitative estimate of drug-likeness (QED) is 0.733. The molecule has 2 N–H and O–H groups in total. The molecule has 4 nitrogen and oxygen atoms in total. The second kappa shape index (κ2) is 4.02. The fourth-order valence-electron chi connectivity index (χ4n) is 1.77. The van der Waals surface area contributed by atoms with Gasteiger partial charge in [-0.1, -0.05) is 6.92 Å². The molecule has 1 aliphatic rings. The number of hydrogen-bond acceptors (Lipinski definition) is 4. The van der Waals surface area contributed by atoms with Gasteiger partial charge in [-0.2, -0.15) is 0 Å². The molecule has 0 bridgehead atoms. The molecule has 0 spiro atoms. The van der Waals surface area contributed by atoms with Gasteiger partial charge in [-0.05, 0) is 18.5 Å². The number of aromatic nitrogens is 2. The molecule has 2 rings (SSSR count). The molecule has 0 amide bonds. The molecule has 1 aromatic heterocycles. The van der Waals surface area contributed by atoms with E-state index in [-0.39, 0.29) is 0 Å². The molecule has 76 valence electrons. The highest BCUT2D eigenvalue weighted by Gasteiger charge is 2.16. The molecule has 1 aliphatic heterocycles. The third kappa shape index (κ3) is 1.76. The summed E-state index contributed by atoms with van der Waals surface area (Å²) in [6, 6.07) is 0. The summed E-state index contributed by atoms with van der Waals surface area (Å²) in [7, 11) is 0. The van der Waals surface area contributed by atoms with E-state index in [4.69, 9.17) is 5.73 Å². The van der Waals surface area contributed by atoms with Crippen LogP contribution in [0.15, 0.2) is 6.20 Å². The van der Waals surface area contributed by atoms with E-state index in [9.17, 15) is 0 Å². The maximum Gasteiger partial charge on any atom is 0.142 e. The first kappa shape index (κ1) is 9.55. The molecule has 0 atom stereocenters. The number of fused-ring (bicyclic) bond motifs is 1. The van der Waals surface area contributed by atoms with E-state index in [1.54, 1.807) is 0 Å². The molecule has 2 heterocycles. The molecule has 0 unspecified atom stereocenters. The Morgan fingerprint density at radius 2 is 2.43 bits per heavy atom. The second-order valence-corrected chi connectivity index (χ2v) is 3.58. The number of likely N-dealkylation sites (N-methyl/N-ethyl adjacent to an activating group) is 1. The van der Waals surface area contributed by atoms with Crippen LogP contribution in [0.1, 0.15) is 24.0 Å². The zero-order valence-corrected chi connectivity index (χ0v) is 8.53. The van der Waals surface area contributed by atoms with Gasteiger partial charge in [-0.15, -0.1) is 0 Å². The van der Waals surface area contributed by atoms with Crippen molar-refractivity contribution in [3.05, 3.63) is 23.3 Å². The van der Waals surface area contributed by atoms with Gasteiger partial charge in [0.15, 0.2) is 0 Å². The maximum absolute atomic E-state index is 5.51. The van der Waals surface area contributed by atoms with Gasteiger partial charge in [0.05, 0.1) is 12.2 Å². The summed E-state index contributed by atoms with van der Waals surface area (Å²) in [5.41, 5.74) is 7.96. The Bertz CT molecular complexity index is 324. The largest absolute Gasteiger partial charge is 0.324 e. The normalized spacial score (nSPS) is 16.7. The predicted molar refractivity (Wildman–Crippen MR) is 54.6 cm³/mol. The minimum Gasteiger partial charge on any atom is -0.324 e. The monoisotopic (exact) mass is 192 g/mol. The van der Waals surface area contributed by atoms with Crippen LogP contribution in [0.3, 0.4) is 0 Å². The van der Waals surface area contributed by atoms with Gasteiger partial charge in [0.2, 0.25) is 0 Å².